The summed E-state index contributed by atoms with van der Waals surface area (Å²) in [6, 6.07) is 12.7. The number of aromatic carboxylic acids is 1. The topological polar surface area (TPSA) is 97.5 Å². The van der Waals surface area contributed by atoms with Gasteiger partial charge in [0.25, 0.3) is 0 Å². The number of anilines is 1. The lowest BCUT2D eigenvalue weighted by molar-refractivity contribution is -0.142. The molecule has 0 radical (unpaired) electrons. The zero-order valence-electron chi connectivity index (χ0n) is 20.6. The predicted octanol–water partition coefficient (Wildman–Crippen LogP) is 8.21. The predicted molar refractivity (Wildman–Crippen MR) is 140 cm³/mol. The van der Waals surface area contributed by atoms with Crippen molar-refractivity contribution in [3.63, 3.8) is 0 Å². The minimum atomic E-state index is -4.84. The maximum Gasteiger partial charge on any atom is 0.437 e. The van der Waals surface area contributed by atoms with E-state index in [0.717, 1.165) is 12.1 Å². The third-order valence-electron chi connectivity index (χ3n) is 5.71. The largest absolute Gasteiger partial charge is 0.478 e. The van der Waals surface area contributed by atoms with Crippen molar-refractivity contribution in [2.45, 2.75) is 38.9 Å². The van der Waals surface area contributed by atoms with E-state index in [0.29, 0.717) is 32.6 Å². The fraction of sp³-hybridized carbons (Fsp3) is 0.222. The number of hydrogen-bond donors (Lipinski definition) is 2. The Morgan fingerprint density at radius 1 is 1.08 bits per heavy atom. The summed E-state index contributed by atoms with van der Waals surface area (Å²) in [5.41, 5.74) is 0.441. The highest BCUT2D eigenvalue weighted by Crippen LogP contribution is 2.38. The van der Waals surface area contributed by atoms with E-state index in [1.807, 2.05) is 13.8 Å². The van der Waals surface area contributed by atoms with Crippen LogP contribution in [0.3, 0.4) is 0 Å². The summed E-state index contributed by atoms with van der Waals surface area (Å²) in [5.74, 6) is -1.43. The lowest BCUT2D eigenvalue weighted by Gasteiger charge is -2.15. The Morgan fingerprint density at radius 2 is 1.77 bits per heavy atom. The number of nitrogens with one attached hydrogen (secondary N) is 1. The summed E-state index contributed by atoms with van der Waals surface area (Å²) in [7, 11) is 0. The maximum absolute atomic E-state index is 13.9. The molecule has 4 aromatic rings. The lowest BCUT2D eigenvalue weighted by Crippen LogP contribution is -2.13. The number of rotatable bonds is 9. The molecule has 2 N–H and O–H groups in total. The van der Waals surface area contributed by atoms with Gasteiger partial charge in [-0.1, -0.05) is 54.3 Å². The monoisotopic (exact) mass is 579 g/mol. The molecule has 0 aliphatic heterocycles. The van der Waals surface area contributed by atoms with E-state index >= 15 is 0 Å². The molecule has 0 saturated heterocycles. The average molecular weight is 580 g/mol. The number of benzene rings is 2. The maximum atomic E-state index is 13.9. The van der Waals surface area contributed by atoms with Crippen LogP contribution >= 0.6 is 23.2 Å². The second-order valence-electron chi connectivity index (χ2n) is 8.83. The van der Waals surface area contributed by atoms with Crippen LogP contribution in [0.4, 0.5) is 19.0 Å². The van der Waals surface area contributed by atoms with E-state index in [-0.39, 0.29) is 36.0 Å². The molecule has 0 spiro atoms. The van der Waals surface area contributed by atoms with Gasteiger partial charge in [-0.05, 0) is 48.0 Å². The summed E-state index contributed by atoms with van der Waals surface area (Å²) in [6.07, 6.45) is -4.58. The molecule has 2 aromatic heterocycles. The van der Waals surface area contributed by atoms with Crippen molar-refractivity contribution in [2.75, 3.05) is 5.32 Å². The number of carboxylic acid groups (broad SMARTS) is 1. The molecule has 204 valence electrons. The fourth-order valence-electron chi connectivity index (χ4n) is 3.84. The zero-order valence-corrected chi connectivity index (χ0v) is 22.2. The standard InChI is InChI=1S/C27H22Cl2F3N3O4/c1-14(2)24-18(21(35-39-24)12-17-19(28)7-4-8-20(17)29)13-33-23-10-9-22(25(34-23)27(30,31)32)38-16-6-3-5-15(11-16)26(36)37/h3-11,14H,12-13H2,1-2H3,(H,33,34)(H,36,37). The number of pyridine rings is 1. The summed E-state index contributed by atoms with van der Waals surface area (Å²) in [4.78, 5) is 14.9. The number of hydrogen-bond acceptors (Lipinski definition) is 6. The van der Waals surface area contributed by atoms with E-state index in [9.17, 15) is 18.0 Å². The van der Waals surface area contributed by atoms with Crippen LogP contribution in [0.5, 0.6) is 11.5 Å². The molecule has 0 aliphatic rings. The van der Waals surface area contributed by atoms with Crippen molar-refractivity contribution in [1.29, 1.82) is 0 Å². The van der Waals surface area contributed by atoms with Gasteiger partial charge in [0.15, 0.2) is 11.4 Å². The average Bonchev–Trinajstić information content (AvgIpc) is 3.28. The highest BCUT2D eigenvalue weighted by molar-refractivity contribution is 6.36. The van der Waals surface area contributed by atoms with Crippen LogP contribution in [0.2, 0.25) is 10.0 Å². The van der Waals surface area contributed by atoms with E-state index in [4.69, 9.17) is 37.6 Å². The Labute approximate surface area is 231 Å². The van der Waals surface area contributed by atoms with Gasteiger partial charge in [0.1, 0.15) is 17.3 Å². The molecule has 39 heavy (non-hydrogen) atoms. The third kappa shape index (κ3) is 6.63. The molecule has 0 saturated carbocycles. The number of alkyl halides is 3. The summed E-state index contributed by atoms with van der Waals surface area (Å²) < 4.78 is 52.6. The van der Waals surface area contributed by atoms with Crippen molar-refractivity contribution in [2.24, 2.45) is 0 Å². The molecule has 12 heteroatoms. The van der Waals surface area contributed by atoms with Crippen LogP contribution in [0.1, 0.15) is 58.4 Å². The molecule has 7 nitrogen and oxygen atoms in total. The quantitative estimate of drug-likeness (QED) is 0.206. The van der Waals surface area contributed by atoms with Crippen molar-refractivity contribution in [1.82, 2.24) is 10.1 Å². The summed E-state index contributed by atoms with van der Waals surface area (Å²) >= 11 is 12.6. The Hall–Kier alpha value is -3.76. The van der Waals surface area contributed by atoms with Gasteiger partial charge in [-0.2, -0.15) is 13.2 Å². The van der Waals surface area contributed by atoms with Gasteiger partial charge in [-0.3, -0.25) is 0 Å². The number of carboxylic acids is 1. The van der Waals surface area contributed by atoms with Gasteiger partial charge < -0.3 is 19.7 Å². The zero-order chi connectivity index (χ0) is 28.3. The SMILES string of the molecule is CC(C)c1onc(Cc2c(Cl)cccc2Cl)c1CNc1ccc(Oc2cccc(C(=O)O)c2)c(C(F)(F)F)n1. The van der Waals surface area contributed by atoms with Gasteiger partial charge in [0, 0.05) is 34.5 Å². The van der Waals surface area contributed by atoms with Crippen LogP contribution in [-0.4, -0.2) is 21.2 Å². The number of carbonyl (C=O) groups is 1. The van der Waals surface area contributed by atoms with E-state index in [1.165, 1.54) is 24.3 Å². The van der Waals surface area contributed by atoms with Crippen molar-refractivity contribution < 1.29 is 32.3 Å². The van der Waals surface area contributed by atoms with Crippen molar-refractivity contribution in [3.8, 4) is 11.5 Å². The molecular formula is C27H22Cl2F3N3O4. The first-order valence-corrected chi connectivity index (χ1v) is 12.4. The van der Waals surface area contributed by atoms with Crippen molar-refractivity contribution in [3.05, 3.63) is 98.5 Å². The molecule has 0 fully saturated rings. The van der Waals surface area contributed by atoms with Gasteiger partial charge in [-0.25, -0.2) is 9.78 Å². The Bertz CT molecular complexity index is 1490. The minimum absolute atomic E-state index is 0.0548. The summed E-state index contributed by atoms with van der Waals surface area (Å²) in [5, 5.41) is 17.1. The Kier molecular flexibility index (Phi) is 8.36. The number of nitrogens with zero attached hydrogens (tertiary/aromatic N) is 2. The number of halogens is 5. The van der Waals surface area contributed by atoms with Crippen LogP contribution in [0.15, 0.2) is 59.1 Å². The molecule has 0 unspecified atom stereocenters. The van der Waals surface area contributed by atoms with Crippen LogP contribution < -0.4 is 10.1 Å². The molecule has 2 heterocycles. The second kappa shape index (κ2) is 11.5. The van der Waals surface area contributed by atoms with Crippen molar-refractivity contribution >= 4 is 35.0 Å². The third-order valence-corrected chi connectivity index (χ3v) is 6.42. The summed E-state index contributed by atoms with van der Waals surface area (Å²) in [6.45, 7) is 3.88. The molecule has 4 rings (SSSR count). The first kappa shape index (κ1) is 28.3. The molecule has 0 atom stereocenters. The van der Waals surface area contributed by atoms with Crippen LogP contribution in [0, 0.1) is 0 Å². The molecular weight excluding hydrogens is 558 g/mol. The highest BCUT2D eigenvalue weighted by Gasteiger charge is 2.37. The number of ether oxygens (including phenoxy) is 1. The minimum Gasteiger partial charge on any atom is -0.478 e. The molecule has 0 bridgehead atoms. The van der Waals surface area contributed by atoms with Gasteiger partial charge >= 0.3 is 12.1 Å². The molecule has 2 aromatic carbocycles. The lowest BCUT2D eigenvalue weighted by atomic mass is 10.0. The Balaban J connectivity index is 1.61. The van der Waals surface area contributed by atoms with Gasteiger partial charge in [0.05, 0.1) is 11.3 Å². The van der Waals surface area contributed by atoms with E-state index < -0.39 is 23.6 Å². The first-order chi connectivity index (χ1) is 18.4. The fourth-order valence-corrected chi connectivity index (χ4v) is 4.37. The molecule has 0 amide bonds. The number of aromatic nitrogens is 2. The smallest absolute Gasteiger partial charge is 0.437 e. The first-order valence-electron chi connectivity index (χ1n) is 11.7. The highest BCUT2D eigenvalue weighted by atomic mass is 35.5. The molecule has 0 aliphatic carbocycles. The second-order valence-corrected chi connectivity index (χ2v) is 9.65. The van der Waals surface area contributed by atoms with E-state index in [2.05, 4.69) is 15.5 Å². The van der Waals surface area contributed by atoms with E-state index in [1.54, 1.807) is 18.2 Å². The van der Waals surface area contributed by atoms with Gasteiger partial charge in [-0.15, -0.1) is 0 Å². The Morgan fingerprint density at radius 3 is 2.41 bits per heavy atom. The van der Waals surface area contributed by atoms with Crippen LogP contribution in [-0.2, 0) is 19.1 Å². The normalized spacial score (nSPS) is 11.6. The van der Waals surface area contributed by atoms with Gasteiger partial charge in [0.2, 0.25) is 0 Å². The van der Waals surface area contributed by atoms with Crippen LogP contribution in [0.25, 0.3) is 0 Å².